The lowest BCUT2D eigenvalue weighted by Crippen LogP contribution is -2.07. The van der Waals surface area contributed by atoms with E-state index in [9.17, 15) is 0 Å². The van der Waals surface area contributed by atoms with Crippen molar-refractivity contribution >= 4 is 9.52 Å². The Hall–Kier alpha value is 0.217. The molecule has 2 atom stereocenters. The Bertz CT molecular complexity index is 80.9. The fourth-order valence-electron chi connectivity index (χ4n) is 1.40. The van der Waals surface area contributed by atoms with E-state index >= 15 is 0 Å². The zero-order chi connectivity index (χ0) is 8.69. The molecule has 0 aliphatic rings. The topological polar surface area (TPSA) is 0 Å². The zero-order valence-electron chi connectivity index (χ0n) is 8.69. The molecule has 0 aromatic carbocycles. The lowest BCUT2D eigenvalue weighted by molar-refractivity contribution is 0.367. The van der Waals surface area contributed by atoms with Crippen molar-refractivity contribution < 1.29 is 0 Å². The second-order valence-corrected chi connectivity index (χ2v) is 6.27. The van der Waals surface area contributed by atoms with Crippen molar-refractivity contribution in [3.05, 3.63) is 0 Å². The van der Waals surface area contributed by atoms with Crippen molar-refractivity contribution in [2.45, 2.75) is 52.6 Å². The average Bonchev–Trinajstić information content (AvgIpc) is 2.03. The summed E-state index contributed by atoms with van der Waals surface area (Å²) in [6.45, 7) is 9.44. The highest BCUT2D eigenvalue weighted by Crippen LogP contribution is 2.19. The van der Waals surface area contributed by atoms with Gasteiger partial charge in [0.1, 0.15) is 0 Å². The molecule has 0 fully saturated rings. The molecule has 0 rings (SSSR count). The van der Waals surface area contributed by atoms with Gasteiger partial charge >= 0.3 is 0 Å². The first kappa shape index (κ1) is 11.2. The monoisotopic (exact) mass is 172 g/mol. The van der Waals surface area contributed by atoms with E-state index in [4.69, 9.17) is 0 Å². The summed E-state index contributed by atoms with van der Waals surface area (Å²) >= 11 is 0. The quantitative estimate of drug-likeness (QED) is 0.427. The van der Waals surface area contributed by atoms with E-state index < -0.39 is 0 Å². The van der Waals surface area contributed by atoms with Crippen LogP contribution in [-0.4, -0.2) is 9.52 Å². The fraction of sp³-hybridized carbons (Fsp3) is 1.00. The Morgan fingerprint density at radius 2 is 1.73 bits per heavy atom. The van der Waals surface area contributed by atoms with Crippen molar-refractivity contribution in [2.24, 2.45) is 11.8 Å². The Morgan fingerprint density at radius 1 is 1.09 bits per heavy atom. The number of hydrogen-bond acceptors (Lipinski definition) is 0. The van der Waals surface area contributed by atoms with Gasteiger partial charge in [-0.25, -0.2) is 0 Å². The second kappa shape index (κ2) is 6.90. The molecule has 0 saturated heterocycles. The smallest absolute Gasteiger partial charge is 0.0195 e. The van der Waals surface area contributed by atoms with Gasteiger partial charge in [-0.1, -0.05) is 52.6 Å². The zero-order valence-corrected chi connectivity index (χ0v) is 10.1. The van der Waals surface area contributed by atoms with Crippen LogP contribution in [0.3, 0.4) is 0 Å². The molecule has 0 aliphatic carbocycles. The molecule has 0 bridgehead atoms. The minimum atomic E-state index is 0.339. The molecule has 0 radical (unpaired) electrons. The summed E-state index contributed by atoms with van der Waals surface area (Å²) in [5.74, 6) is 1.92. The van der Waals surface area contributed by atoms with Gasteiger partial charge in [-0.15, -0.1) is 0 Å². The minimum Gasteiger partial charge on any atom is -0.0683 e. The van der Waals surface area contributed by atoms with Gasteiger partial charge in [0.2, 0.25) is 0 Å². The van der Waals surface area contributed by atoms with Gasteiger partial charge < -0.3 is 0 Å². The van der Waals surface area contributed by atoms with Crippen LogP contribution in [0.4, 0.5) is 0 Å². The highest BCUT2D eigenvalue weighted by molar-refractivity contribution is 6.35. The van der Waals surface area contributed by atoms with Crippen molar-refractivity contribution in [1.29, 1.82) is 0 Å². The molecular formula is C10H24Si. The van der Waals surface area contributed by atoms with Crippen LogP contribution in [0, 0.1) is 11.8 Å². The van der Waals surface area contributed by atoms with Crippen LogP contribution < -0.4 is 0 Å². The molecule has 1 heteroatoms. The van der Waals surface area contributed by atoms with E-state index in [-0.39, 0.29) is 0 Å². The third kappa shape index (κ3) is 5.48. The minimum absolute atomic E-state index is 0.339. The maximum atomic E-state index is 2.41. The first-order valence-corrected chi connectivity index (χ1v) is 7.22. The summed E-state index contributed by atoms with van der Waals surface area (Å²) in [7, 11) is 0.339. The summed E-state index contributed by atoms with van der Waals surface area (Å²) in [5.41, 5.74) is 0. The van der Waals surface area contributed by atoms with Crippen LogP contribution >= 0.6 is 0 Å². The van der Waals surface area contributed by atoms with Gasteiger partial charge in [-0.2, -0.15) is 0 Å². The Labute approximate surface area is 74.6 Å². The normalized spacial score (nSPS) is 17.5. The van der Waals surface area contributed by atoms with E-state index in [2.05, 4.69) is 27.7 Å². The highest BCUT2D eigenvalue weighted by atomic mass is 28.2. The molecule has 0 aromatic heterocycles. The first-order valence-electron chi connectivity index (χ1n) is 5.22. The van der Waals surface area contributed by atoms with Gasteiger partial charge in [0.05, 0.1) is 0 Å². The third-order valence-electron chi connectivity index (χ3n) is 2.88. The van der Waals surface area contributed by atoms with E-state index in [0.29, 0.717) is 9.52 Å². The standard InChI is InChI=1S/C10H24Si/c1-5-9(3)10(4)7-8-11-6-2/h9-10H,5-8,11H2,1-4H3. The Balaban J connectivity index is 3.28. The molecule has 0 aliphatic heterocycles. The molecule has 0 aromatic rings. The van der Waals surface area contributed by atoms with E-state index in [1.165, 1.54) is 18.9 Å². The maximum absolute atomic E-state index is 2.41. The van der Waals surface area contributed by atoms with Crippen molar-refractivity contribution in [3.8, 4) is 0 Å². The second-order valence-electron chi connectivity index (χ2n) is 3.86. The van der Waals surface area contributed by atoms with E-state index in [0.717, 1.165) is 11.8 Å². The average molecular weight is 172 g/mol. The molecule has 0 amide bonds. The molecule has 0 heterocycles. The van der Waals surface area contributed by atoms with E-state index in [1.54, 1.807) is 6.04 Å². The van der Waals surface area contributed by atoms with Crippen LogP contribution in [-0.2, 0) is 0 Å². The molecule has 0 spiro atoms. The summed E-state index contributed by atoms with van der Waals surface area (Å²) in [6, 6.07) is 3.06. The lowest BCUT2D eigenvalue weighted by atomic mass is 9.92. The van der Waals surface area contributed by atoms with Crippen LogP contribution in [0.25, 0.3) is 0 Å². The molecule has 0 saturated carbocycles. The van der Waals surface area contributed by atoms with Crippen LogP contribution in [0.5, 0.6) is 0 Å². The van der Waals surface area contributed by atoms with Crippen LogP contribution in [0.2, 0.25) is 12.1 Å². The SMILES string of the molecule is CC[SiH2]CCC(C)C(C)CC. The van der Waals surface area contributed by atoms with Gasteiger partial charge in [0.15, 0.2) is 0 Å². The first-order chi connectivity index (χ1) is 5.22. The maximum Gasteiger partial charge on any atom is 0.0195 e. The number of rotatable bonds is 6. The fourth-order valence-corrected chi connectivity index (χ4v) is 2.84. The largest absolute Gasteiger partial charge is 0.0683 e. The van der Waals surface area contributed by atoms with Crippen molar-refractivity contribution in [1.82, 2.24) is 0 Å². The molecular weight excluding hydrogens is 148 g/mol. The van der Waals surface area contributed by atoms with Gasteiger partial charge in [0, 0.05) is 9.52 Å². The summed E-state index contributed by atoms with van der Waals surface area (Å²) in [4.78, 5) is 0. The molecule has 0 N–H and O–H groups in total. The highest BCUT2D eigenvalue weighted by Gasteiger charge is 2.08. The lowest BCUT2D eigenvalue weighted by Gasteiger charge is -2.17. The summed E-state index contributed by atoms with van der Waals surface area (Å²) < 4.78 is 0. The molecule has 68 valence electrons. The molecule has 2 unspecified atom stereocenters. The molecule has 11 heavy (non-hydrogen) atoms. The van der Waals surface area contributed by atoms with E-state index in [1.807, 2.05) is 0 Å². The predicted octanol–water partition coefficient (Wildman–Crippen LogP) is 3.08. The summed E-state index contributed by atoms with van der Waals surface area (Å²) in [5, 5.41) is 0. The third-order valence-corrected chi connectivity index (χ3v) is 4.49. The van der Waals surface area contributed by atoms with Crippen molar-refractivity contribution in [2.75, 3.05) is 0 Å². The predicted molar refractivity (Wildman–Crippen MR) is 57.1 cm³/mol. The van der Waals surface area contributed by atoms with Crippen molar-refractivity contribution in [3.63, 3.8) is 0 Å². The number of hydrogen-bond donors (Lipinski definition) is 0. The Kier molecular flexibility index (Phi) is 7.03. The van der Waals surface area contributed by atoms with Crippen LogP contribution in [0.15, 0.2) is 0 Å². The summed E-state index contributed by atoms with van der Waals surface area (Å²) in [6.07, 6.45) is 2.85. The van der Waals surface area contributed by atoms with Gasteiger partial charge in [0.25, 0.3) is 0 Å². The van der Waals surface area contributed by atoms with Gasteiger partial charge in [-0.05, 0) is 11.8 Å². The Morgan fingerprint density at radius 3 is 2.18 bits per heavy atom. The van der Waals surface area contributed by atoms with Crippen LogP contribution in [0.1, 0.15) is 40.5 Å². The molecule has 0 nitrogen and oxygen atoms in total. The van der Waals surface area contributed by atoms with Gasteiger partial charge in [-0.3, -0.25) is 0 Å².